The zero-order valence-electron chi connectivity index (χ0n) is 12.4. The van der Waals surface area contributed by atoms with Crippen molar-refractivity contribution in [2.75, 3.05) is 6.61 Å². The summed E-state index contributed by atoms with van der Waals surface area (Å²) in [7, 11) is 0. The number of hydrogen-bond acceptors (Lipinski definition) is 5. The molecule has 0 aliphatic carbocycles. The van der Waals surface area contributed by atoms with Crippen LogP contribution in [-0.4, -0.2) is 27.5 Å². The number of esters is 1. The van der Waals surface area contributed by atoms with Gasteiger partial charge in [-0.1, -0.05) is 0 Å². The Morgan fingerprint density at radius 1 is 1.12 bits per heavy atom. The molecular formula is C14H9F6N3O2. The molecule has 5 nitrogen and oxygen atoms in total. The number of aromatic nitrogens is 3. The lowest BCUT2D eigenvalue weighted by atomic mass is 10.0. The summed E-state index contributed by atoms with van der Waals surface area (Å²) in [5, 5.41) is 0. The molecule has 11 heteroatoms. The Bertz CT molecular complexity index is 789. The van der Waals surface area contributed by atoms with E-state index in [-0.39, 0.29) is 6.61 Å². The normalized spacial score (nSPS) is 12.1. The first kappa shape index (κ1) is 18.6. The van der Waals surface area contributed by atoms with Crippen molar-refractivity contribution in [1.82, 2.24) is 15.0 Å². The highest BCUT2D eigenvalue weighted by atomic mass is 19.4. The molecule has 134 valence electrons. The fraction of sp³-hybridized carbons (Fsp3) is 0.286. The van der Waals surface area contributed by atoms with Gasteiger partial charge in [0.1, 0.15) is 17.6 Å². The molecule has 0 saturated carbocycles. The lowest BCUT2D eigenvalue weighted by Gasteiger charge is -2.15. The quantitative estimate of drug-likeness (QED) is 0.612. The monoisotopic (exact) mass is 365 g/mol. The second kappa shape index (κ2) is 6.65. The average molecular weight is 365 g/mol. The highest BCUT2D eigenvalue weighted by molar-refractivity contribution is 5.96. The summed E-state index contributed by atoms with van der Waals surface area (Å²) >= 11 is 0. The van der Waals surface area contributed by atoms with Crippen molar-refractivity contribution >= 4 is 5.97 Å². The second-order valence-electron chi connectivity index (χ2n) is 4.59. The summed E-state index contributed by atoms with van der Waals surface area (Å²) < 4.78 is 82.3. The van der Waals surface area contributed by atoms with Gasteiger partial charge in [-0.3, -0.25) is 0 Å². The Morgan fingerprint density at radius 2 is 1.80 bits per heavy atom. The molecule has 2 aromatic heterocycles. The van der Waals surface area contributed by atoms with E-state index in [4.69, 9.17) is 4.74 Å². The topological polar surface area (TPSA) is 65.0 Å². The summed E-state index contributed by atoms with van der Waals surface area (Å²) in [6, 6.07) is 0.936. The maximum atomic E-state index is 13.2. The lowest BCUT2D eigenvalue weighted by molar-refractivity contribution is -0.149. The Hall–Kier alpha value is -2.72. The van der Waals surface area contributed by atoms with Crippen LogP contribution in [0.5, 0.6) is 0 Å². The second-order valence-corrected chi connectivity index (χ2v) is 4.59. The zero-order valence-corrected chi connectivity index (χ0v) is 12.4. The molecule has 0 aliphatic heterocycles. The fourth-order valence-electron chi connectivity index (χ4n) is 1.93. The summed E-state index contributed by atoms with van der Waals surface area (Å²) in [6.45, 7) is 1.41. The molecule has 0 bridgehead atoms. The number of pyridine rings is 1. The van der Waals surface area contributed by atoms with E-state index in [0.717, 1.165) is 12.5 Å². The molecule has 0 aliphatic rings. The Kier molecular flexibility index (Phi) is 4.95. The van der Waals surface area contributed by atoms with Gasteiger partial charge in [-0.25, -0.2) is 19.7 Å². The van der Waals surface area contributed by atoms with Gasteiger partial charge in [0.2, 0.25) is 0 Å². The fourth-order valence-corrected chi connectivity index (χ4v) is 1.93. The van der Waals surface area contributed by atoms with Crippen molar-refractivity contribution in [2.24, 2.45) is 0 Å². The third-order valence-electron chi connectivity index (χ3n) is 2.92. The summed E-state index contributed by atoms with van der Waals surface area (Å²) in [6.07, 6.45) is -8.49. The van der Waals surface area contributed by atoms with Crippen molar-refractivity contribution in [3.63, 3.8) is 0 Å². The van der Waals surface area contributed by atoms with Crippen LogP contribution in [0, 0.1) is 0 Å². The van der Waals surface area contributed by atoms with E-state index in [1.165, 1.54) is 6.92 Å². The Balaban J connectivity index is 2.70. The minimum atomic E-state index is -5.20. The average Bonchev–Trinajstić information content (AvgIpc) is 2.53. The van der Waals surface area contributed by atoms with Crippen LogP contribution in [0.4, 0.5) is 26.3 Å². The van der Waals surface area contributed by atoms with E-state index in [1.807, 2.05) is 0 Å². The molecule has 25 heavy (non-hydrogen) atoms. The summed E-state index contributed by atoms with van der Waals surface area (Å²) in [5.41, 5.74) is -5.26. The molecule has 0 radical (unpaired) electrons. The summed E-state index contributed by atoms with van der Waals surface area (Å²) in [5.74, 6) is -1.01. The van der Waals surface area contributed by atoms with Crippen LogP contribution in [-0.2, 0) is 17.1 Å². The van der Waals surface area contributed by atoms with Crippen LogP contribution in [0.1, 0.15) is 28.7 Å². The molecule has 2 heterocycles. The third-order valence-corrected chi connectivity index (χ3v) is 2.92. The first-order valence-corrected chi connectivity index (χ1v) is 6.68. The third kappa shape index (κ3) is 4.03. The van der Waals surface area contributed by atoms with Crippen LogP contribution in [0.25, 0.3) is 11.3 Å². The minimum Gasteiger partial charge on any atom is -0.462 e. The number of rotatable bonds is 3. The van der Waals surface area contributed by atoms with Gasteiger partial charge in [0, 0.05) is 11.8 Å². The maximum Gasteiger partial charge on any atom is 0.434 e. The largest absolute Gasteiger partial charge is 0.462 e. The molecule has 0 amide bonds. The summed E-state index contributed by atoms with van der Waals surface area (Å²) in [4.78, 5) is 21.6. The van der Waals surface area contributed by atoms with Crippen LogP contribution < -0.4 is 0 Å². The molecule has 2 rings (SSSR count). The molecule has 0 fully saturated rings. The van der Waals surface area contributed by atoms with E-state index in [9.17, 15) is 31.1 Å². The molecule has 0 N–H and O–H groups in total. The number of alkyl halides is 6. The van der Waals surface area contributed by atoms with E-state index < -0.39 is 46.5 Å². The Morgan fingerprint density at radius 3 is 2.36 bits per heavy atom. The van der Waals surface area contributed by atoms with Gasteiger partial charge >= 0.3 is 18.3 Å². The van der Waals surface area contributed by atoms with Gasteiger partial charge in [-0.2, -0.15) is 26.3 Å². The standard InChI is InChI=1S/C14H9F6N3O2/c1-2-25-12(24)8-5-21-6-22-10(8)7-3-4-9(13(15,16)17)23-11(7)14(18,19)20/h3-6H,2H2,1H3. The van der Waals surface area contributed by atoms with Crippen LogP contribution in [0.15, 0.2) is 24.7 Å². The van der Waals surface area contributed by atoms with Crippen molar-refractivity contribution in [3.8, 4) is 11.3 Å². The molecule has 0 saturated heterocycles. The SMILES string of the molecule is CCOC(=O)c1cncnc1-c1ccc(C(F)(F)F)nc1C(F)(F)F. The number of nitrogens with zero attached hydrogens (tertiary/aromatic N) is 3. The smallest absolute Gasteiger partial charge is 0.434 e. The number of halogens is 6. The Labute approximate surface area is 136 Å². The van der Waals surface area contributed by atoms with E-state index in [1.54, 1.807) is 0 Å². The molecule has 0 atom stereocenters. The number of ether oxygens (including phenoxy) is 1. The van der Waals surface area contributed by atoms with Gasteiger partial charge in [0.25, 0.3) is 0 Å². The highest BCUT2D eigenvalue weighted by Crippen LogP contribution is 2.38. The zero-order chi connectivity index (χ0) is 18.8. The van der Waals surface area contributed by atoms with Crippen molar-refractivity contribution < 1.29 is 35.9 Å². The van der Waals surface area contributed by atoms with Crippen molar-refractivity contribution in [1.29, 1.82) is 0 Å². The molecule has 2 aromatic rings. The highest BCUT2D eigenvalue weighted by Gasteiger charge is 2.41. The maximum absolute atomic E-state index is 13.2. The molecule has 0 spiro atoms. The van der Waals surface area contributed by atoms with Gasteiger partial charge in [0.05, 0.1) is 12.3 Å². The molecule has 0 aromatic carbocycles. The van der Waals surface area contributed by atoms with E-state index in [2.05, 4.69) is 15.0 Å². The molecule has 0 unspecified atom stereocenters. The van der Waals surface area contributed by atoms with Gasteiger partial charge in [-0.15, -0.1) is 0 Å². The first-order valence-electron chi connectivity index (χ1n) is 6.68. The number of carbonyl (C=O) groups is 1. The van der Waals surface area contributed by atoms with E-state index in [0.29, 0.717) is 12.1 Å². The van der Waals surface area contributed by atoms with Gasteiger partial charge in [0.15, 0.2) is 5.69 Å². The molecular weight excluding hydrogens is 356 g/mol. The van der Waals surface area contributed by atoms with Crippen LogP contribution in [0.3, 0.4) is 0 Å². The number of carbonyl (C=O) groups excluding carboxylic acids is 1. The lowest BCUT2D eigenvalue weighted by Crippen LogP contribution is -2.17. The van der Waals surface area contributed by atoms with Crippen LogP contribution >= 0.6 is 0 Å². The van der Waals surface area contributed by atoms with E-state index >= 15 is 0 Å². The first-order chi connectivity index (χ1) is 11.6. The van der Waals surface area contributed by atoms with Crippen LogP contribution in [0.2, 0.25) is 0 Å². The van der Waals surface area contributed by atoms with Gasteiger partial charge < -0.3 is 4.74 Å². The van der Waals surface area contributed by atoms with Gasteiger partial charge in [-0.05, 0) is 19.1 Å². The predicted octanol–water partition coefficient (Wildman–Crippen LogP) is 3.75. The van der Waals surface area contributed by atoms with Crippen molar-refractivity contribution in [3.05, 3.63) is 41.6 Å². The minimum absolute atomic E-state index is 0.0649. The number of hydrogen-bond donors (Lipinski definition) is 0. The van der Waals surface area contributed by atoms with Crippen molar-refractivity contribution in [2.45, 2.75) is 19.3 Å². The predicted molar refractivity (Wildman–Crippen MR) is 71.2 cm³/mol.